The first kappa shape index (κ1) is 13.0. The van der Waals surface area contributed by atoms with Crippen LogP contribution in [0.5, 0.6) is 0 Å². The predicted molar refractivity (Wildman–Crippen MR) is 81.4 cm³/mol. The molecular weight excluding hydrogens is 250 g/mol. The lowest BCUT2D eigenvalue weighted by atomic mass is 9.95. The van der Waals surface area contributed by atoms with Crippen molar-refractivity contribution in [2.45, 2.75) is 44.7 Å². The summed E-state index contributed by atoms with van der Waals surface area (Å²) in [7, 11) is 0. The van der Waals surface area contributed by atoms with Crippen LogP contribution in [0.25, 0.3) is 10.9 Å². The number of anilines is 1. The molecule has 1 amide bonds. The van der Waals surface area contributed by atoms with Crippen molar-refractivity contribution < 1.29 is 4.79 Å². The molecule has 1 aliphatic carbocycles. The summed E-state index contributed by atoms with van der Waals surface area (Å²) in [6, 6.07) is 8.14. The summed E-state index contributed by atoms with van der Waals surface area (Å²) in [5.74, 6) is 0.0943. The van der Waals surface area contributed by atoms with Crippen molar-refractivity contribution in [3.05, 3.63) is 30.5 Å². The van der Waals surface area contributed by atoms with Crippen LogP contribution in [0.4, 0.5) is 5.69 Å². The van der Waals surface area contributed by atoms with Crippen LogP contribution >= 0.6 is 0 Å². The average Bonchev–Trinajstić information content (AvgIpc) is 2.84. The molecule has 0 saturated heterocycles. The van der Waals surface area contributed by atoms with Crippen LogP contribution in [0, 0.1) is 0 Å². The van der Waals surface area contributed by atoms with Crippen molar-refractivity contribution >= 4 is 22.5 Å². The Morgan fingerprint density at radius 2 is 2.05 bits per heavy atom. The zero-order chi connectivity index (χ0) is 13.9. The normalized spacial score (nSPS) is 16.4. The fourth-order valence-corrected chi connectivity index (χ4v) is 3.06. The Hall–Kier alpha value is -1.97. The Kier molecular flexibility index (Phi) is 3.63. The van der Waals surface area contributed by atoms with Gasteiger partial charge in [-0.15, -0.1) is 0 Å². The molecule has 4 heteroatoms. The Balaban J connectivity index is 1.69. The molecule has 3 rings (SSSR count). The van der Waals surface area contributed by atoms with E-state index in [1.807, 2.05) is 35.0 Å². The Morgan fingerprint density at radius 1 is 1.25 bits per heavy atom. The quantitative estimate of drug-likeness (QED) is 0.843. The van der Waals surface area contributed by atoms with Crippen molar-refractivity contribution in [1.29, 1.82) is 0 Å². The molecular formula is C16H21N3O. The molecule has 0 unspecified atom stereocenters. The second kappa shape index (κ2) is 5.57. The van der Waals surface area contributed by atoms with Gasteiger partial charge in [-0.25, -0.2) is 0 Å². The van der Waals surface area contributed by atoms with Crippen LogP contribution in [-0.2, 0) is 11.3 Å². The molecule has 4 nitrogen and oxygen atoms in total. The van der Waals surface area contributed by atoms with Crippen molar-refractivity contribution in [3.8, 4) is 0 Å². The maximum atomic E-state index is 12.1. The molecule has 1 heterocycles. The second-order valence-corrected chi connectivity index (χ2v) is 5.63. The lowest BCUT2D eigenvalue weighted by Gasteiger charge is -2.22. The molecule has 1 aromatic heterocycles. The number of benzene rings is 1. The summed E-state index contributed by atoms with van der Waals surface area (Å²) in [5.41, 5.74) is 7.71. The number of nitrogen functional groups attached to an aromatic ring is 1. The highest BCUT2D eigenvalue weighted by Gasteiger charge is 2.16. The van der Waals surface area contributed by atoms with E-state index in [0.717, 1.165) is 29.4 Å². The molecule has 106 valence electrons. The van der Waals surface area contributed by atoms with E-state index >= 15 is 0 Å². The van der Waals surface area contributed by atoms with Crippen molar-refractivity contribution in [2.75, 3.05) is 5.73 Å². The third kappa shape index (κ3) is 2.64. The highest BCUT2D eigenvalue weighted by molar-refractivity contribution is 5.92. The van der Waals surface area contributed by atoms with Crippen molar-refractivity contribution in [2.24, 2.45) is 0 Å². The summed E-state index contributed by atoms with van der Waals surface area (Å²) in [6.45, 7) is 0.365. The third-order valence-electron chi connectivity index (χ3n) is 4.13. The number of hydrogen-bond acceptors (Lipinski definition) is 2. The summed E-state index contributed by atoms with van der Waals surface area (Å²) in [4.78, 5) is 12.1. The van der Waals surface area contributed by atoms with Crippen LogP contribution in [0.15, 0.2) is 30.5 Å². The van der Waals surface area contributed by atoms with Gasteiger partial charge in [-0.2, -0.15) is 0 Å². The molecule has 1 aliphatic rings. The van der Waals surface area contributed by atoms with Gasteiger partial charge in [0.2, 0.25) is 5.91 Å². The number of hydrogen-bond donors (Lipinski definition) is 2. The minimum Gasteiger partial charge on any atom is -0.398 e. The van der Waals surface area contributed by atoms with E-state index in [4.69, 9.17) is 5.73 Å². The standard InChI is InChI=1S/C16H21N3O/c17-14-7-4-8-15-13(14)9-10-19(15)11-16(20)18-12-5-2-1-3-6-12/h4,7-10,12H,1-3,5-6,11,17H2,(H,18,20). The maximum Gasteiger partial charge on any atom is 0.240 e. The monoisotopic (exact) mass is 271 g/mol. The highest BCUT2D eigenvalue weighted by atomic mass is 16.2. The minimum atomic E-state index is 0.0943. The molecule has 0 bridgehead atoms. The molecule has 0 aliphatic heterocycles. The van der Waals surface area contributed by atoms with Gasteiger partial charge in [-0.3, -0.25) is 4.79 Å². The number of carbonyl (C=O) groups excluding carboxylic acids is 1. The van der Waals surface area contributed by atoms with Crippen LogP contribution in [0.3, 0.4) is 0 Å². The summed E-state index contributed by atoms with van der Waals surface area (Å²) in [6.07, 6.45) is 7.92. The van der Waals surface area contributed by atoms with E-state index in [2.05, 4.69) is 5.32 Å². The van der Waals surface area contributed by atoms with E-state index in [-0.39, 0.29) is 5.91 Å². The SMILES string of the molecule is Nc1cccc2c1ccn2CC(=O)NC1CCCCC1. The Labute approximate surface area is 118 Å². The van der Waals surface area contributed by atoms with Crippen molar-refractivity contribution in [1.82, 2.24) is 9.88 Å². The van der Waals surface area contributed by atoms with E-state index < -0.39 is 0 Å². The van der Waals surface area contributed by atoms with Gasteiger partial charge < -0.3 is 15.6 Å². The Bertz CT molecular complexity index is 611. The first-order valence-electron chi connectivity index (χ1n) is 7.37. The van der Waals surface area contributed by atoms with Gasteiger partial charge in [0.1, 0.15) is 6.54 Å². The number of nitrogens with zero attached hydrogens (tertiary/aromatic N) is 1. The van der Waals surface area contributed by atoms with Crippen molar-refractivity contribution in [3.63, 3.8) is 0 Å². The molecule has 0 atom stereocenters. The highest BCUT2D eigenvalue weighted by Crippen LogP contribution is 2.22. The van der Waals surface area contributed by atoms with Gasteiger partial charge in [-0.1, -0.05) is 25.3 Å². The maximum absolute atomic E-state index is 12.1. The summed E-state index contributed by atoms with van der Waals surface area (Å²) >= 11 is 0. The van der Waals surface area contributed by atoms with Crippen LogP contribution in [0.2, 0.25) is 0 Å². The van der Waals surface area contributed by atoms with E-state index in [0.29, 0.717) is 12.6 Å². The largest absolute Gasteiger partial charge is 0.398 e. The molecule has 0 spiro atoms. The first-order valence-corrected chi connectivity index (χ1v) is 7.37. The lowest BCUT2D eigenvalue weighted by molar-refractivity contribution is -0.122. The number of nitrogens with two attached hydrogens (primary N) is 1. The third-order valence-corrected chi connectivity index (χ3v) is 4.13. The number of nitrogens with one attached hydrogen (secondary N) is 1. The van der Waals surface area contributed by atoms with E-state index in [1.165, 1.54) is 19.3 Å². The molecule has 1 aromatic carbocycles. The fourth-order valence-electron chi connectivity index (χ4n) is 3.06. The predicted octanol–water partition coefficient (Wildman–Crippen LogP) is 2.67. The van der Waals surface area contributed by atoms with Gasteiger partial charge in [-0.05, 0) is 31.0 Å². The number of amides is 1. The van der Waals surface area contributed by atoms with Crippen LogP contribution in [0.1, 0.15) is 32.1 Å². The number of fused-ring (bicyclic) bond motifs is 1. The van der Waals surface area contributed by atoms with Crippen LogP contribution < -0.4 is 11.1 Å². The molecule has 1 saturated carbocycles. The first-order chi connectivity index (χ1) is 9.74. The van der Waals surface area contributed by atoms with Gasteiger partial charge in [0, 0.05) is 23.3 Å². The van der Waals surface area contributed by atoms with Gasteiger partial charge >= 0.3 is 0 Å². The molecule has 1 fully saturated rings. The van der Waals surface area contributed by atoms with E-state index in [9.17, 15) is 4.79 Å². The van der Waals surface area contributed by atoms with Crippen LogP contribution in [-0.4, -0.2) is 16.5 Å². The zero-order valence-electron chi connectivity index (χ0n) is 11.6. The summed E-state index contributed by atoms with van der Waals surface area (Å²) in [5, 5.41) is 4.16. The smallest absolute Gasteiger partial charge is 0.240 e. The average molecular weight is 271 g/mol. The fraction of sp³-hybridized carbons (Fsp3) is 0.438. The topological polar surface area (TPSA) is 60.0 Å². The van der Waals surface area contributed by atoms with E-state index in [1.54, 1.807) is 0 Å². The molecule has 3 N–H and O–H groups in total. The summed E-state index contributed by atoms with van der Waals surface area (Å²) < 4.78 is 1.96. The minimum absolute atomic E-state index is 0.0943. The number of rotatable bonds is 3. The Morgan fingerprint density at radius 3 is 2.85 bits per heavy atom. The van der Waals surface area contributed by atoms with Gasteiger partial charge in [0.05, 0.1) is 5.52 Å². The molecule has 0 radical (unpaired) electrons. The lowest BCUT2D eigenvalue weighted by Crippen LogP contribution is -2.38. The zero-order valence-corrected chi connectivity index (χ0v) is 11.6. The second-order valence-electron chi connectivity index (χ2n) is 5.63. The molecule has 20 heavy (non-hydrogen) atoms. The van der Waals surface area contributed by atoms with Gasteiger partial charge in [0.15, 0.2) is 0 Å². The number of aromatic nitrogens is 1. The number of carbonyl (C=O) groups is 1. The molecule has 2 aromatic rings. The van der Waals surface area contributed by atoms with Gasteiger partial charge in [0.25, 0.3) is 0 Å².